The van der Waals surface area contributed by atoms with Crippen LogP contribution < -0.4 is 10.6 Å². The molecule has 1 aromatic carbocycles. The molecule has 2 unspecified atom stereocenters. The molecule has 170 valence electrons. The van der Waals surface area contributed by atoms with Crippen molar-refractivity contribution in [2.24, 2.45) is 0 Å². The van der Waals surface area contributed by atoms with E-state index in [9.17, 15) is 24.8 Å². The van der Waals surface area contributed by atoms with Gasteiger partial charge in [-0.3, -0.25) is 9.59 Å². The Balaban J connectivity index is 3.29. The SMILES string of the molecule is Cc1ccc(C(C(=O)NC(C)C)N(CC#N)C(=O)C(CO)NC(=O)OC(C)(C)C)cc1. The van der Waals surface area contributed by atoms with E-state index in [0.717, 1.165) is 10.5 Å². The number of carbonyl (C=O) groups is 3. The monoisotopic (exact) mass is 432 g/mol. The fourth-order valence-electron chi connectivity index (χ4n) is 2.79. The molecule has 0 radical (unpaired) electrons. The quantitative estimate of drug-likeness (QED) is 0.537. The average molecular weight is 433 g/mol. The molecule has 9 nitrogen and oxygen atoms in total. The van der Waals surface area contributed by atoms with Gasteiger partial charge in [0.1, 0.15) is 24.2 Å². The Bertz CT molecular complexity index is 809. The summed E-state index contributed by atoms with van der Waals surface area (Å²) in [7, 11) is 0. The van der Waals surface area contributed by atoms with Gasteiger partial charge in [0.25, 0.3) is 0 Å². The summed E-state index contributed by atoms with van der Waals surface area (Å²) < 4.78 is 5.14. The van der Waals surface area contributed by atoms with Crippen molar-refractivity contribution in [1.29, 1.82) is 5.26 Å². The Morgan fingerprint density at radius 1 is 1.16 bits per heavy atom. The number of nitrogens with zero attached hydrogens (tertiary/aromatic N) is 2. The van der Waals surface area contributed by atoms with E-state index in [0.29, 0.717) is 5.56 Å². The van der Waals surface area contributed by atoms with Crippen molar-refractivity contribution in [1.82, 2.24) is 15.5 Å². The number of rotatable bonds is 8. The summed E-state index contributed by atoms with van der Waals surface area (Å²) in [4.78, 5) is 39.3. The minimum absolute atomic E-state index is 0.201. The summed E-state index contributed by atoms with van der Waals surface area (Å²) in [5.74, 6) is -1.25. The molecule has 0 saturated carbocycles. The van der Waals surface area contributed by atoms with Crippen LogP contribution in [0.1, 0.15) is 51.8 Å². The normalized spacial score (nSPS) is 13.0. The van der Waals surface area contributed by atoms with E-state index in [1.165, 1.54) is 0 Å². The van der Waals surface area contributed by atoms with E-state index in [2.05, 4.69) is 10.6 Å². The highest BCUT2D eigenvalue weighted by Gasteiger charge is 2.36. The van der Waals surface area contributed by atoms with Gasteiger partial charge in [0.05, 0.1) is 12.7 Å². The van der Waals surface area contributed by atoms with Gasteiger partial charge in [0.15, 0.2) is 0 Å². The number of alkyl carbamates (subject to hydrolysis) is 1. The van der Waals surface area contributed by atoms with Crippen molar-refractivity contribution in [2.45, 2.75) is 65.3 Å². The molecule has 1 rings (SSSR count). The Labute approximate surface area is 183 Å². The number of ether oxygens (including phenoxy) is 1. The molecule has 3 amide bonds. The zero-order valence-corrected chi connectivity index (χ0v) is 18.9. The van der Waals surface area contributed by atoms with E-state index < -0.39 is 48.7 Å². The van der Waals surface area contributed by atoms with Crippen LogP contribution in [-0.2, 0) is 14.3 Å². The van der Waals surface area contributed by atoms with Crippen LogP contribution in [0.2, 0.25) is 0 Å². The third-order valence-corrected chi connectivity index (χ3v) is 4.08. The molecule has 3 N–H and O–H groups in total. The molecule has 0 heterocycles. The zero-order valence-electron chi connectivity index (χ0n) is 18.9. The molecule has 0 aromatic heterocycles. The van der Waals surface area contributed by atoms with Gasteiger partial charge in [-0.15, -0.1) is 0 Å². The second-order valence-electron chi connectivity index (χ2n) is 8.48. The van der Waals surface area contributed by atoms with Crippen LogP contribution in [0.4, 0.5) is 4.79 Å². The maximum absolute atomic E-state index is 13.2. The lowest BCUT2D eigenvalue weighted by Gasteiger charge is -2.32. The minimum atomic E-state index is -1.39. The van der Waals surface area contributed by atoms with Gasteiger partial charge >= 0.3 is 6.09 Å². The highest BCUT2D eigenvalue weighted by Crippen LogP contribution is 2.23. The molecule has 0 spiro atoms. The number of nitriles is 1. The standard InChI is InChI=1S/C22H32N4O5/c1-14(2)24-19(28)18(16-9-7-15(3)8-10-16)26(12-11-23)20(29)17(13-27)25-21(30)31-22(4,5)6/h7-10,14,17-18,27H,12-13H2,1-6H3,(H,24,28)(H,25,30). The first kappa shape index (κ1) is 25.9. The van der Waals surface area contributed by atoms with Crippen LogP contribution in [0.5, 0.6) is 0 Å². The second kappa shape index (κ2) is 11.3. The molecule has 0 aliphatic rings. The first-order valence-electron chi connectivity index (χ1n) is 10.0. The van der Waals surface area contributed by atoms with E-state index in [1.807, 2.05) is 13.0 Å². The summed E-state index contributed by atoms with van der Waals surface area (Å²) in [6, 6.07) is 6.17. The van der Waals surface area contributed by atoms with Crippen molar-refractivity contribution in [3.8, 4) is 6.07 Å². The molecule has 0 aliphatic heterocycles. The van der Waals surface area contributed by atoms with Gasteiger partial charge in [-0.1, -0.05) is 29.8 Å². The third kappa shape index (κ3) is 8.26. The van der Waals surface area contributed by atoms with Crippen molar-refractivity contribution < 1.29 is 24.2 Å². The van der Waals surface area contributed by atoms with Crippen LogP contribution in [0.15, 0.2) is 24.3 Å². The van der Waals surface area contributed by atoms with E-state index in [1.54, 1.807) is 58.9 Å². The summed E-state index contributed by atoms with van der Waals surface area (Å²) >= 11 is 0. The molecule has 1 aromatic rings. The van der Waals surface area contributed by atoms with Gasteiger partial charge in [-0.05, 0) is 47.1 Å². The Kier molecular flexibility index (Phi) is 9.46. The Morgan fingerprint density at radius 3 is 2.19 bits per heavy atom. The van der Waals surface area contributed by atoms with Crippen LogP contribution in [0, 0.1) is 18.3 Å². The topological polar surface area (TPSA) is 132 Å². The Hall–Kier alpha value is -3.12. The number of benzene rings is 1. The van der Waals surface area contributed by atoms with Crippen LogP contribution in [0.3, 0.4) is 0 Å². The number of hydrogen-bond acceptors (Lipinski definition) is 6. The molecule has 9 heteroatoms. The van der Waals surface area contributed by atoms with Crippen molar-refractivity contribution >= 4 is 17.9 Å². The number of aliphatic hydroxyl groups excluding tert-OH is 1. The lowest BCUT2D eigenvalue weighted by Crippen LogP contribution is -2.54. The predicted molar refractivity (Wildman–Crippen MR) is 115 cm³/mol. The first-order valence-corrected chi connectivity index (χ1v) is 10.0. The maximum Gasteiger partial charge on any atom is 0.408 e. The second-order valence-corrected chi connectivity index (χ2v) is 8.48. The third-order valence-electron chi connectivity index (χ3n) is 4.08. The molecule has 0 bridgehead atoms. The van der Waals surface area contributed by atoms with Gasteiger partial charge < -0.3 is 25.4 Å². The molecule has 2 atom stereocenters. The number of carbonyl (C=O) groups excluding carboxylic acids is 3. The van der Waals surface area contributed by atoms with Gasteiger partial charge in [0, 0.05) is 6.04 Å². The predicted octanol–water partition coefficient (Wildman–Crippen LogP) is 1.80. The number of nitrogens with one attached hydrogen (secondary N) is 2. The highest BCUT2D eigenvalue weighted by molar-refractivity contribution is 5.92. The fraction of sp³-hybridized carbons (Fsp3) is 0.545. The summed E-state index contributed by atoms with van der Waals surface area (Å²) in [5, 5.41) is 24.1. The first-order chi connectivity index (χ1) is 14.4. The summed E-state index contributed by atoms with van der Waals surface area (Å²) in [6.07, 6.45) is -0.893. The van der Waals surface area contributed by atoms with Crippen molar-refractivity contribution in [3.63, 3.8) is 0 Å². The van der Waals surface area contributed by atoms with Crippen LogP contribution in [-0.4, -0.2) is 58.8 Å². The smallest absolute Gasteiger partial charge is 0.408 e. The largest absolute Gasteiger partial charge is 0.444 e. The molecular formula is C22H32N4O5. The van der Waals surface area contributed by atoms with Crippen LogP contribution in [0.25, 0.3) is 0 Å². The van der Waals surface area contributed by atoms with Gasteiger partial charge in [0.2, 0.25) is 11.8 Å². The summed E-state index contributed by atoms with van der Waals surface area (Å²) in [6.45, 7) is 9.28. The number of aryl methyl sites for hydroxylation is 1. The lowest BCUT2D eigenvalue weighted by atomic mass is 10.0. The Morgan fingerprint density at radius 2 is 1.74 bits per heavy atom. The molecule has 0 aliphatic carbocycles. The van der Waals surface area contributed by atoms with Gasteiger partial charge in [-0.2, -0.15) is 5.26 Å². The van der Waals surface area contributed by atoms with E-state index >= 15 is 0 Å². The molecule has 0 saturated heterocycles. The molecule has 31 heavy (non-hydrogen) atoms. The number of amides is 3. The van der Waals surface area contributed by atoms with Crippen molar-refractivity contribution in [2.75, 3.05) is 13.2 Å². The van der Waals surface area contributed by atoms with Gasteiger partial charge in [-0.25, -0.2) is 4.79 Å². The van der Waals surface area contributed by atoms with E-state index in [4.69, 9.17) is 4.74 Å². The number of hydrogen-bond donors (Lipinski definition) is 3. The zero-order chi connectivity index (χ0) is 23.8. The fourth-order valence-corrected chi connectivity index (χ4v) is 2.79. The lowest BCUT2D eigenvalue weighted by molar-refractivity contribution is -0.142. The number of aliphatic hydroxyl groups is 1. The minimum Gasteiger partial charge on any atom is -0.444 e. The molecule has 0 fully saturated rings. The molecular weight excluding hydrogens is 400 g/mol. The average Bonchev–Trinajstić information content (AvgIpc) is 2.64. The maximum atomic E-state index is 13.2. The van der Waals surface area contributed by atoms with Crippen molar-refractivity contribution in [3.05, 3.63) is 35.4 Å². The highest BCUT2D eigenvalue weighted by atomic mass is 16.6. The van der Waals surface area contributed by atoms with Crippen LogP contribution >= 0.6 is 0 Å². The van der Waals surface area contributed by atoms with E-state index in [-0.39, 0.29) is 6.04 Å². The summed E-state index contributed by atoms with van der Waals surface area (Å²) in [5.41, 5.74) is 0.659.